The predicted octanol–water partition coefficient (Wildman–Crippen LogP) is 2.73. The zero-order valence-electron chi connectivity index (χ0n) is 11.5. The highest BCUT2D eigenvalue weighted by Gasteiger charge is 2.07. The summed E-state index contributed by atoms with van der Waals surface area (Å²) in [6.07, 6.45) is 4.28. The summed E-state index contributed by atoms with van der Waals surface area (Å²) >= 11 is 0. The number of hydrogen-bond donors (Lipinski definition) is 0. The lowest BCUT2D eigenvalue weighted by atomic mass is 10.2. The molecule has 3 rings (SSSR count). The van der Waals surface area contributed by atoms with E-state index in [0.29, 0.717) is 23.7 Å². The van der Waals surface area contributed by atoms with Crippen molar-refractivity contribution in [3.05, 3.63) is 60.2 Å². The minimum absolute atomic E-state index is 0.348. The summed E-state index contributed by atoms with van der Waals surface area (Å²) in [7, 11) is 1.56. The van der Waals surface area contributed by atoms with Crippen molar-refractivity contribution in [3.8, 4) is 11.5 Å². The van der Waals surface area contributed by atoms with Crippen LogP contribution in [-0.2, 0) is 6.61 Å². The third kappa shape index (κ3) is 2.58. The molecular formula is C16H14N2O3. The number of rotatable bonds is 5. The van der Waals surface area contributed by atoms with Gasteiger partial charge in [-0.3, -0.25) is 9.20 Å². The van der Waals surface area contributed by atoms with E-state index in [2.05, 4.69) is 4.98 Å². The molecule has 0 spiro atoms. The maximum Gasteiger partial charge on any atom is 0.153 e. The molecule has 5 heteroatoms. The first-order valence-corrected chi connectivity index (χ1v) is 6.48. The number of carbonyl (C=O) groups excluding carboxylic acids is 1. The largest absolute Gasteiger partial charge is 0.497 e. The molecule has 0 radical (unpaired) electrons. The van der Waals surface area contributed by atoms with Gasteiger partial charge in [0.25, 0.3) is 0 Å². The molecule has 2 aromatic heterocycles. The standard InChI is InChI=1S/C16H14N2O3/c1-20-15-5-6-16(12(7-15)9-19)21-10-14-4-2-3-13-8-17-11-18(13)14/h2-9,11H,10H2,1H3. The van der Waals surface area contributed by atoms with Crippen LogP contribution in [0.2, 0.25) is 0 Å². The van der Waals surface area contributed by atoms with Crippen LogP contribution >= 0.6 is 0 Å². The Morgan fingerprint density at radius 2 is 2.19 bits per heavy atom. The van der Waals surface area contributed by atoms with Crippen molar-refractivity contribution in [3.63, 3.8) is 0 Å². The van der Waals surface area contributed by atoms with E-state index >= 15 is 0 Å². The van der Waals surface area contributed by atoms with Gasteiger partial charge in [-0.15, -0.1) is 0 Å². The molecular weight excluding hydrogens is 268 g/mol. The minimum atomic E-state index is 0.348. The molecule has 3 aromatic rings. The summed E-state index contributed by atoms with van der Waals surface area (Å²) < 4.78 is 12.8. The van der Waals surface area contributed by atoms with E-state index in [4.69, 9.17) is 9.47 Å². The summed E-state index contributed by atoms with van der Waals surface area (Å²) in [5, 5.41) is 0. The molecule has 21 heavy (non-hydrogen) atoms. The van der Waals surface area contributed by atoms with Crippen LogP contribution in [0.15, 0.2) is 48.9 Å². The molecule has 0 amide bonds. The minimum Gasteiger partial charge on any atom is -0.497 e. The number of methoxy groups -OCH3 is 1. The van der Waals surface area contributed by atoms with Gasteiger partial charge >= 0.3 is 0 Å². The Balaban J connectivity index is 1.84. The molecule has 1 aromatic carbocycles. The second-order valence-electron chi connectivity index (χ2n) is 4.52. The quantitative estimate of drug-likeness (QED) is 0.675. The SMILES string of the molecule is COc1ccc(OCc2cccc3cncn23)c(C=O)c1. The van der Waals surface area contributed by atoms with Gasteiger partial charge in [-0.2, -0.15) is 0 Å². The average molecular weight is 282 g/mol. The fraction of sp³-hybridized carbons (Fsp3) is 0.125. The highest BCUT2D eigenvalue weighted by atomic mass is 16.5. The number of aromatic nitrogens is 2. The van der Waals surface area contributed by atoms with Gasteiger partial charge in [-0.05, 0) is 30.3 Å². The summed E-state index contributed by atoms with van der Waals surface area (Å²) in [4.78, 5) is 15.2. The van der Waals surface area contributed by atoms with Gasteiger partial charge in [-0.25, -0.2) is 4.98 Å². The highest BCUT2D eigenvalue weighted by Crippen LogP contribution is 2.23. The predicted molar refractivity (Wildman–Crippen MR) is 77.9 cm³/mol. The monoisotopic (exact) mass is 282 g/mol. The number of hydrogen-bond acceptors (Lipinski definition) is 4. The summed E-state index contributed by atoms with van der Waals surface area (Å²) in [5.74, 6) is 1.16. The molecule has 0 aliphatic rings. The summed E-state index contributed by atoms with van der Waals surface area (Å²) in [6, 6.07) is 11.0. The van der Waals surface area contributed by atoms with Gasteiger partial charge in [-0.1, -0.05) is 6.07 Å². The Labute approximate surface area is 121 Å². The van der Waals surface area contributed by atoms with E-state index < -0.39 is 0 Å². The molecule has 0 N–H and O–H groups in total. The van der Waals surface area contributed by atoms with Crippen LogP contribution in [0.4, 0.5) is 0 Å². The average Bonchev–Trinajstić information content (AvgIpc) is 3.01. The summed E-state index contributed by atoms with van der Waals surface area (Å²) in [5.41, 5.74) is 2.42. The van der Waals surface area contributed by atoms with Crippen molar-refractivity contribution in [1.29, 1.82) is 0 Å². The van der Waals surface area contributed by atoms with Gasteiger partial charge in [0.05, 0.1) is 36.4 Å². The maximum absolute atomic E-state index is 11.1. The Morgan fingerprint density at radius 1 is 1.29 bits per heavy atom. The lowest BCUT2D eigenvalue weighted by molar-refractivity contribution is 0.111. The number of nitrogens with zero attached hydrogens (tertiary/aromatic N) is 2. The lowest BCUT2D eigenvalue weighted by Crippen LogP contribution is -2.03. The molecule has 5 nitrogen and oxygen atoms in total. The van der Waals surface area contributed by atoms with E-state index in [9.17, 15) is 4.79 Å². The molecule has 0 unspecified atom stereocenters. The molecule has 106 valence electrons. The molecule has 0 atom stereocenters. The number of pyridine rings is 1. The Morgan fingerprint density at radius 3 is 3.00 bits per heavy atom. The maximum atomic E-state index is 11.1. The topological polar surface area (TPSA) is 52.8 Å². The molecule has 2 heterocycles. The number of carbonyl (C=O) groups is 1. The second kappa shape index (κ2) is 5.66. The Hall–Kier alpha value is -2.82. The van der Waals surface area contributed by atoms with E-state index in [0.717, 1.165) is 17.5 Å². The van der Waals surface area contributed by atoms with Gasteiger partial charge in [0.2, 0.25) is 0 Å². The van der Waals surface area contributed by atoms with Gasteiger partial charge in [0.15, 0.2) is 6.29 Å². The lowest BCUT2D eigenvalue weighted by Gasteiger charge is -2.11. The molecule has 0 bridgehead atoms. The van der Waals surface area contributed by atoms with E-state index in [-0.39, 0.29) is 0 Å². The van der Waals surface area contributed by atoms with Crippen LogP contribution in [0, 0.1) is 0 Å². The van der Waals surface area contributed by atoms with E-state index in [1.165, 1.54) is 0 Å². The van der Waals surface area contributed by atoms with Crippen LogP contribution in [0.25, 0.3) is 5.52 Å². The fourth-order valence-electron chi connectivity index (χ4n) is 2.15. The second-order valence-corrected chi connectivity index (χ2v) is 4.52. The highest BCUT2D eigenvalue weighted by molar-refractivity contribution is 5.80. The van der Waals surface area contributed by atoms with Crippen LogP contribution < -0.4 is 9.47 Å². The third-order valence-electron chi connectivity index (χ3n) is 3.25. The van der Waals surface area contributed by atoms with E-state index in [1.54, 1.807) is 37.8 Å². The Kier molecular flexibility index (Phi) is 3.55. The summed E-state index contributed by atoms with van der Waals surface area (Å²) in [6.45, 7) is 0.348. The first-order valence-electron chi connectivity index (χ1n) is 6.48. The first-order chi connectivity index (χ1) is 10.3. The number of ether oxygens (including phenoxy) is 2. The Bertz CT molecular complexity index is 780. The number of benzene rings is 1. The van der Waals surface area contributed by atoms with E-state index in [1.807, 2.05) is 22.6 Å². The van der Waals surface area contributed by atoms with Crippen molar-refractivity contribution >= 4 is 11.8 Å². The third-order valence-corrected chi connectivity index (χ3v) is 3.25. The number of fused-ring (bicyclic) bond motifs is 1. The molecule has 0 fully saturated rings. The molecule has 0 aliphatic heterocycles. The smallest absolute Gasteiger partial charge is 0.153 e. The first kappa shape index (κ1) is 13.2. The molecule has 0 saturated heterocycles. The van der Waals surface area contributed by atoms with Crippen molar-refractivity contribution in [2.45, 2.75) is 6.61 Å². The molecule has 0 aliphatic carbocycles. The van der Waals surface area contributed by atoms with Crippen molar-refractivity contribution in [2.75, 3.05) is 7.11 Å². The van der Waals surface area contributed by atoms with Crippen molar-refractivity contribution in [2.24, 2.45) is 0 Å². The van der Waals surface area contributed by atoms with Crippen LogP contribution in [0.3, 0.4) is 0 Å². The number of imidazole rings is 1. The van der Waals surface area contributed by atoms with Crippen LogP contribution in [0.5, 0.6) is 11.5 Å². The van der Waals surface area contributed by atoms with Gasteiger partial charge in [0.1, 0.15) is 18.1 Å². The van der Waals surface area contributed by atoms with Crippen LogP contribution in [0.1, 0.15) is 16.1 Å². The zero-order valence-corrected chi connectivity index (χ0v) is 11.5. The molecule has 0 saturated carbocycles. The zero-order chi connectivity index (χ0) is 14.7. The van der Waals surface area contributed by atoms with Gasteiger partial charge < -0.3 is 9.47 Å². The fourth-order valence-corrected chi connectivity index (χ4v) is 2.15. The normalized spacial score (nSPS) is 10.5. The van der Waals surface area contributed by atoms with Crippen LogP contribution in [-0.4, -0.2) is 22.8 Å². The number of aldehydes is 1. The van der Waals surface area contributed by atoms with Gasteiger partial charge in [0, 0.05) is 0 Å². The van der Waals surface area contributed by atoms with Crippen molar-refractivity contribution < 1.29 is 14.3 Å². The van der Waals surface area contributed by atoms with Crippen molar-refractivity contribution in [1.82, 2.24) is 9.38 Å².